The number of amides is 1. The van der Waals surface area contributed by atoms with Gasteiger partial charge in [-0.25, -0.2) is 4.79 Å². The van der Waals surface area contributed by atoms with Gasteiger partial charge in [-0.2, -0.15) is 0 Å². The molecule has 0 saturated heterocycles. The van der Waals surface area contributed by atoms with Crippen molar-refractivity contribution in [3.63, 3.8) is 0 Å². The van der Waals surface area contributed by atoms with Crippen LogP contribution in [-0.2, 0) is 19.1 Å². The first-order valence-corrected chi connectivity index (χ1v) is 7.92. The van der Waals surface area contributed by atoms with Gasteiger partial charge in [-0.15, -0.1) is 10.1 Å². The second-order valence-corrected chi connectivity index (χ2v) is 6.82. The molecule has 0 spiro atoms. The van der Waals surface area contributed by atoms with Crippen LogP contribution in [0.3, 0.4) is 0 Å². The standard InChI is InChI=1S/C15H28N2O7/c1-11(2)9-12(16-14(19)24-15(3,4)5)10-22-13(18)7-6-8-23-17(20)21/h11-12H,6-10H2,1-5H3,(H,16,19). The van der Waals surface area contributed by atoms with Gasteiger partial charge in [0.2, 0.25) is 0 Å². The van der Waals surface area contributed by atoms with Crippen molar-refractivity contribution in [3.8, 4) is 0 Å². The fraction of sp³-hybridized carbons (Fsp3) is 0.867. The first kappa shape index (κ1) is 21.9. The van der Waals surface area contributed by atoms with Gasteiger partial charge in [0, 0.05) is 6.42 Å². The highest BCUT2D eigenvalue weighted by atomic mass is 16.9. The molecule has 0 aromatic carbocycles. The van der Waals surface area contributed by atoms with Gasteiger partial charge in [0.15, 0.2) is 0 Å². The van der Waals surface area contributed by atoms with Crippen molar-refractivity contribution in [3.05, 3.63) is 10.1 Å². The van der Waals surface area contributed by atoms with Crippen LogP contribution < -0.4 is 5.32 Å². The van der Waals surface area contributed by atoms with E-state index in [2.05, 4.69) is 10.2 Å². The monoisotopic (exact) mass is 348 g/mol. The summed E-state index contributed by atoms with van der Waals surface area (Å²) < 4.78 is 10.3. The third-order valence-electron chi connectivity index (χ3n) is 2.64. The van der Waals surface area contributed by atoms with Crippen molar-refractivity contribution in [2.75, 3.05) is 13.2 Å². The molecule has 1 amide bonds. The van der Waals surface area contributed by atoms with Gasteiger partial charge in [0.1, 0.15) is 12.2 Å². The van der Waals surface area contributed by atoms with E-state index < -0.39 is 22.8 Å². The minimum Gasteiger partial charge on any atom is -0.463 e. The van der Waals surface area contributed by atoms with Crippen LogP contribution >= 0.6 is 0 Å². The van der Waals surface area contributed by atoms with E-state index in [1.54, 1.807) is 20.8 Å². The third-order valence-corrected chi connectivity index (χ3v) is 2.64. The van der Waals surface area contributed by atoms with Gasteiger partial charge in [0.25, 0.3) is 5.09 Å². The highest BCUT2D eigenvalue weighted by Gasteiger charge is 2.21. The van der Waals surface area contributed by atoms with Crippen LogP contribution in [-0.4, -0.2) is 42.0 Å². The van der Waals surface area contributed by atoms with Crippen LogP contribution in [0.1, 0.15) is 53.9 Å². The maximum Gasteiger partial charge on any atom is 0.407 e. The molecule has 0 radical (unpaired) electrons. The smallest absolute Gasteiger partial charge is 0.407 e. The molecule has 0 fully saturated rings. The molecule has 1 unspecified atom stereocenters. The number of hydrogen-bond acceptors (Lipinski definition) is 7. The fourth-order valence-corrected chi connectivity index (χ4v) is 1.83. The molecular weight excluding hydrogens is 320 g/mol. The molecule has 24 heavy (non-hydrogen) atoms. The zero-order chi connectivity index (χ0) is 18.8. The van der Waals surface area contributed by atoms with Gasteiger partial charge in [-0.3, -0.25) is 4.79 Å². The van der Waals surface area contributed by atoms with Crippen LogP contribution in [0.25, 0.3) is 0 Å². The van der Waals surface area contributed by atoms with E-state index in [1.807, 2.05) is 13.8 Å². The van der Waals surface area contributed by atoms with Gasteiger partial charge in [-0.05, 0) is 39.5 Å². The van der Waals surface area contributed by atoms with Crippen LogP contribution in [0, 0.1) is 16.0 Å². The first-order valence-electron chi connectivity index (χ1n) is 7.92. The van der Waals surface area contributed by atoms with Crippen molar-refractivity contribution < 1.29 is 29.0 Å². The number of esters is 1. The SMILES string of the molecule is CC(C)CC(COC(=O)CCCO[N+](=O)[O-])NC(=O)OC(C)(C)C. The zero-order valence-electron chi connectivity index (χ0n) is 15.0. The quantitative estimate of drug-likeness (QED) is 0.279. The lowest BCUT2D eigenvalue weighted by Crippen LogP contribution is -2.42. The van der Waals surface area contributed by atoms with E-state index in [-0.39, 0.29) is 38.0 Å². The summed E-state index contributed by atoms with van der Waals surface area (Å²) in [5.41, 5.74) is -0.611. The maximum absolute atomic E-state index is 11.8. The van der Waals surface area contributed by atoms with E-state index in [4.69, 9.17) is 9.47 Å². The van der Waals surface area contributed by atoms with E-state index in [0.717, 1.165) is 0 Å². The summed E-state index contributed by atoms with van der Waals surface area (Å²) >= 11 is 0. The van der Waals surface area contributed by atoms with Crippen LogP contribution in [0.4, 0.5) is 4.79 Å². The minimum absolute atomic E-state index is 0.00861. The fourth-order valence-electron chi connectivity index (χ4n) is 1.83. The Hall–Kier alpha value is -2.06. The van der Waals surface area contributed by atoms with Crippen molar-refractivity contribution in [1.29, 1.82) is 0 Å². The zero-order valence-corrected chi connectivity index (χ0v) is 15.0. The maximum atomic E-state index is 11.8. The Morgan fingerprint density at radius 1 is 1.25 bits per heavy atom. The number of hydrogen-bond donors (Lipinski definition) is 1. The number of rotatable bonds is 10. The molecule has 0 aliphatic heterocycles. The van der Waals surface area contributed by atoms with Crippen molar-refractivity contribution >= 4 is 12.1 Å². The predicted molar refractivity (Wildman–Crippen MR) is 85.8 cm³/mol. The number of ether oxygens (including phenoxy) is 2. The van der Waals surface area contributed by atoms with Crippen LogP contribution in [0.15, 0.2) is 0 Å². The highest BCUT2D eigenvalue weighted by molar-refractivity contribution is 5.70. The number of nitrogens with zero attached hydrogens (tertiary/aromatic N) is 1. The van der Waals surface area contributed by atoms with Crippen molar-refractivity contribution in [2.45, 2.75) is 65.5 Å². The predicted octanol–water partition coefficient (Wildman–Crippen LogP) is 2.46. The van der Waals surface area contributed by atoms with Crippen LogP contribution in [0.2, 0.25) is 0 Å². The Labute approximate surface area is 142 Å². The lowest BCUT2D eigenvalue weighted by atomic mass is 10.0. The molecular formula is C15H28N2O7. The average molecular weight is 348 g/mol. The van der Waals surface area contributed by atoms with Crippen LogP contribution in [0.5, 0.6) is 0 Å². The normalized spacial score (nSPS) is 12.4. The Bertz CT molecular complexity index is 419. The molecule has 0 aromatic rings. The summed E-state index contributed by atoms with van der Waals surface area (Å²) in [7, 11) is 0. The molecule has 1 atom stereocenters. The number of carbonyl (C=O) groups is 2. The van der Waals surface area contributed by atoms with E-state index in [9.17, 15) is 19.7 Å². The molecule has 0 saturated carbocycles. The number of alkyl carbamates (subject to hydrolysis) is 1. The van der Waals surface area contributed by atoms with Crippen molar-refractivity contribution in [2.24, 2.45) is 5.92 Å². The van der Waals surface area contributed by atoms with E-state index >= 15 is 0 Å². The van der Waals surface area contributed by atoms with Gasteiger partial charge in [0.05, 0.1) is 12.6 Å². The molecule has 0 aliphatic carbocycles. The lowest BCUT2D eigenvalue weighted by Gasteiger charge is -2.24. The Balaban J connectivity index is 4.25. The average Bonchev–Trinajstić information content (AvgIpc) is 2.38. The largest absolute Gasteiger partial charge is 0.463 e. The Morgan fingerprint density at radius 2 is 1.88 bits per heavy atom. The summed E-state index contributed by atoms with van der Waals surface area (Å²) in [6, 6.07) is -0.362. The van der Waals surface area contributed by atoms with Gasteiger partial charge >= 0.3 is 12.1 Å². The molecule has 0 rings (SSSR count). The Kier molecular flexibility index (Phi) is 9.75. The molecule has 0 aromatic heterocycles. The van der Waals surface area contributed by atoms with Gasteiger partial charge in [-0.1, -0.05) is 13.8 Å². The summed E-state index contributed by atoms with van der Waals surface area (Å²) in [5.74, 6) is -0.209. The Morgan fingerprint density at radius 3 is 2.38 bits per heavy atom. The van der Waals surface area contributed by atoms with E-state index in [1.165, 1.54) is 0 Å². The minimum atomic E-state index is -0.908. The molecule has 9 heteroatoms. The van der Waals surface area contributed by atoms with Crippen molar-refractivity contribution in [1.82, 2.24) is 5.32 Å². The highest BCUT2D eigenvalue weighted by Crippen LogP contribution is 2.10. The molecule has 9 nitrogen and oxygen atoms in total. The molecule has 0 bridgehead atoms. The summed E-state index contributed by atoms with van der Waals surface area (Å²) in [6.45, 7) is 9.12. The number of nitrogens with one attached hydrogen (secondary N) is 1. The summed E-state index contributed by atoms with van der Waals surface area (Å²) in [4.78, 5) is 37.5. The number of carbonyl (C=O) groups excluding carboxylic acids is 2. The van der Waals surface area contributed by atoms with E-state index in [0.29, 0.717) is 6.42 Å². The third kappa shape index (κ3) is 13.6. The molecule has 0 aliphatic rings. The molecule has 0 heterocycles. The second-order valence-electron chi connectivity index (χ2n) is 6.82. The summed E-state index contributed by atoms with van der Waals surface area (Å²) in [6.07, 6.45) is 0.253. The van der Waals surface area contributed by atoms with Gasteiger partial charge < -0.3 is 19.6 Å². The lowest BCUT2D eigenvalue weighted by molar-refractivity contribution is -0.757. The molecule has 140 valence electrons. The topological polar surface area (TPSA) is 117 Å². The first-order chi connectivity index (χ1) is 11.0. The summed E-state index contributed by atoms with van der Waals surface area (Å²) in [5, 5.41) is 11.8. The molecule has 1 N–H and O–H groups in total. The second kappa shape index (κ2) is 10.7.